The summed E-state index contributed by atoms with van der Waals surface area (Å²) < 4.78 is 5.59. The minimum atomic E-state index is -0.806. The number of nitrogens with zero attached hydrogens (tertiary/aromatic N) is 2. The van der Waals surface area contributed by atoms with Gasteiger partial charge in [-0.25, -0.2) is 9.69 Å². The maximum Gasteiger partial charge on any atom is 0.427 e. The Hall–Kier alpha value is -3.13. The number of carbonyl (C=O) groups excluding carboxylic acids is 3. The highest BCUT2D eigenvalue weighted by Gasteiger charge is 2.37. The van der Waals surface area contributed by atoms with Crippen molar-refractivity contribution < 1.29 is 24.2 Å². The number of phenolic OH excluding ortho intramolecular Hbond substituents is 1. The van der Waals surface area contributed by atoms with Crippen molar-refractivity contribution in [1.82, 2.24) is 4.90 Å². The SMILES string of the molecule is O=C(c1ccc(N2C(=O)OC(=Cc3ccc(O)c(Br)c3)C2=O)cc1)N1CCCCC1. The molecule has 1 N–H and O–H groups in total. The molecule has 0 saturated carbocycles. The van der Waals surface area contributed by atoms with E-state index in [1.54, 1.807) is 36.4 Å². The fourth-order valence-electron chi connectivity index (χ4n) is 3.49. The van der Waals surface area contributed by atoms with Crippen LogP contribution >= 0.6 is 15.9 Å². The van der Waals surface area contributed by atoms with E-state index in [1.807, 2.05) is 4.90 Å². The van der Waals surface area contributed by atoms with E-state index in [4.69, 9.17) is 4.74 Å². The van der Waals surface area contributed by atoms with Crippen LogP contribution in [0.25, 0.3) is 6.08 Å². The van der Waals surface area contributed by atoms with Crippen LogP contribution in [0.2, 0.25) is 0 Å². The Morgan fingerprint density at radius 3 is 2.40 bits per heavy atom. The molecule has 2 aromatic rings. The van der Waals surface area contributed by atoms with Crippen LogP contribution in [-0.4, -0.2) is 41.0 Å². The molecular weight excluding hydrogens is 452 g/mol. The number of rotatable bonds is 3. The van der Waals surface area contributed by atoms with Gasteiger partial charge in [0.05, 0.1) is 10.2 Å². The normalized spacial score (nSPS) is 18.1. The number of imide groups is 1. The van der Waals surface area contributed by atoms with Gasteiger partial charge in [-0.1, -0.05) is 6.07 Å². The minimum absolute atomic E-state index is 0.0462. The quantitative estimate of drug-likeness (QED) is 0.675. The van der Waals surface area contributed by atoms with Gasteiger partial charge in [-0.05, 0) is 83.2 Å². The standard InChI is InChI=1S/C22H19BrN2O5/c23-17-12-14(4-9-18(17)26)13-19-21(28)25(22(29)30-19)16-7-5-15(6-8-16)20(27)24-10-2-1-3-11-24/h4-9,12-13,26H,1-3,10-11H2. The van der Waals surface area contributed by atoms with E-state index in [9.17, 15) is 19.5 Å². The second-order valence-electron chi connectivity index (χ2n) is 7.13. The third-order valence-electron chi connectivity index (χ3n) is 5.08. The molecule has 3 amide bonds. The van der Waals surface area contributed by atoms with E-state index >= 15 is 0 Å². The molecule has 30 heavy (non-hydrogen) atoms. The number of hydrogen-bond acceptors (Lipinski definition) is 5. The molecule has 0 radical (unpaired) electrons. The Labute approximate surface area is 181 Å². The fraction of sp³-hybridized carbons (Fsp3) is 0.227. The first-order valence-electron chi connectivity index (χ1n) is 9.60. The van der Waals surface area contributed by atoms with Gasteiger partial charge in [0.25, 0.3) is 5.91 Å². The van der Waals surface area contributed by atoms with E-state index in [2.05, 4.69) is 15.9 Å². The summed E-state index contributed by atoms with van der Waals surface area (Å²) in [5.41, 5.74) is 1.43. The van der Waals surface area contributed by atoms with E-state index in [1.165, 1.54) is 12.1 Å². The van der Waals surface area contributed by atoms with Gasteiger partial charge in [-0.15, -0.1) is 0 Å². The zero-order chi connectivity index (χ0) is 21.3. The summed E-state index contributed by atoms with van der Waals surface area (Å²) in [5.74, 6) is -0.701. The molecule has 0 unspecified atom stereocenters. The van der Waals surface area contributed by atoms with Crippen LogP contribution in [0.3, 0.4) is 0 Å². The summed E-state index contributed by atoms with van der Waals surface area (Å²) in [6, 6.07) is 11.0. The number of aromatic hydroxyl groups is 1. The number of piperidine rings is 1. The molecular formula is C22H19BrN2O5. The van der Waals surface area contributed by atoms with Crippen molar-refractivity contribution in [1.29, 1.82) is 0 Å². The number of ether oxygens (including phenoxy) is 1. The molecule has 2 heterocycles. The Morgan fingerprint density at radius 1 is 1.03 bits per heavy atom. The zero-order valence-corrected chi connectivity index (χ0v) is 17.6. The Balaban J connectivity index is 1.53. The van der Waals surface area contributed by atoms with E-state index in [0.717, 1.165) is 37.3 Å². The Kier molecular flexibility index (Phi) is 5.59. The number of cyclic esters (lactones) is 1. The van der Waals surface area contributed by atoms with Gasteiger partial charge in [-0.3, -0.25) is 9.59 Å². The zero-order valence-electron chi connectivity index (χ0n) is 16.0. The smallest absolute Gasteiger partial charge is 0.427 e. The molecule has 2 aliphatic heterocycles. The maximum atomic E-state index is 12.7. The predicted molar refractivity (Wildman–Crippen MR) is 114 cm³/mol. The van der Waals surface area contributed by atoms with Crippen LogP contribution in [0.15, 0.2) is 52.7 Å². The number of phenols is 1. The second kappa shape index (κ2) is 8.31. The minimum Gasteiger partial charge on any atom is -0.507 e. The Morgan fingerprint density at radius 2 is 1.73 bits per heavy atom. The molecule has 0 aromatic heterocycles. The van der Waals surface area contributed by atoms with Gasteiger partial charge in [0.15, 0.2) is 5.76 Å². The number of carbonyl (C=O) groups is 3. The van der Waals surface area contributed by atoms with Crippen molar-refractivity contribution in [3.05, 3.63) is 63.8 Å². The highest BCUT2D eigenvalue weighted by molar-refractivity contribution is 9.10. The number of halogens is 1. The third kappa shape index (κ3) is 3.95. The van der Waals surface area contributed by atoms with Crippen LogP contribution in [0.4, 0.5) is 10.5 Å². The van der Waals surface area contributed by atoms with E-state index in [-0.39, 0.29) is 17.4 Å². The van der Waals surface area contributed by atoms with Crippen LogP contribution in [0.5, 0.6) is 5.75 Å². The first-order valence-corrected chi connectivity index (χ1v) is 10.4. The molecule has 0 bridgehead atoms. The molecule has 8 heteroatoms. The van der Waals surface area contributed by atoms with Gasteiger partial charge in [0, 0.05) is 18.7 Å². The summed E-state index contributed by atoms with van der Waals surface area (Å²) in [6.07, 6.45) is 3.77. The van der Waals surface area contributed by atoms with Crippen LogP contribution in [-0.2, 0) is 9.53 Å². The average Bonchev–Trinajstić information content (AvgIpc) is 3.04. The van der Waals surface area contributed by atoms with Crippen LogP contribution in [0.1, 0.15) is 35.2 Å². The lowest BCUT2D eigenvalue weighted by Gasteiger charge is -2.26. The topological polar surface area (TPSA) is 87.1 Å². The number of hydrogen-bond donors (Lipinski definition) is 1. The molecule has 2 saturated heterocycles. The summed E-state index contributed by atoms with van der Waals surface area (Å²) in [6.45, 7) is 1.50. The van der Waals surface area contributed by atoms with Crippen molar-refractivity contribution in [3.63, 3.8) is 0 Å². The summed E-state index contributed by atoms with van der Waals surface area (Å²) in [5, 5.41) is 9.58. The summed E-state index contributed by atoms with van der Waals surface area (Å²) in [7, 11) is 0. The molecule has 0 spiro atoms. The van der Waals surface area contributed by atoms with Gasteiger partial charge in [0.1, 0.15) is 5.75 Å². The number of amides is 3. The largest absolute Gasteiger partial charge is 0.507 e. The highest BCUT2D eigenvalue weighted by atomic mass is 79.9. The van der Waals surface area contributed by atoms with Crippen LogP contribution < -0.4 is 4.90 Å². The molecule has 4 rings (SSSR count). The molecule has 2 aliphatic rings. The fourth-order valence-corrected chi connectivity index (χ4v) is 3.88. The molecule has 2 fully saturated rings. The highest BCUT2D eigenvalue weighted by Crippen LogP contribution is 2.29. The second-order valence-corrected chi connectivity index (χ2v) is 7.98. The van der Waals surface area contributed by atoms with Gasteiger partial charge in [-0.2, -0.15) is 0 Å². The summed E-state index contributed by atoms with van der Waals surface area (Å²) >= 11 is 3.20. The molecule has 7 nitrogen and oxygen atoms in total. The average molecular weight is 471 g/mol. The Bertz CT molecular complexity index is 1040. The molecule has 0 aliphatic carbocycles. The van der Waals surface area contributed by atoms with Crippen LogP contribution in [0, 0.1) is 0 Å². The number of likely N-dealkylation sites (tertiary alicyclic amines) is 1. The van der Waals surface area contributed by atoms with Crippen molar-refractivity contribution in [2.45, 2.75) is 19.3 Å². The molecule has 154 valence electrons. The van der Waals surface area contributed by atoms with Crippen molar-refractivity contribution in [2.75, 3.05) is 18.0 Å². The summed E-state index contributed by atoms with van der Waals surface area (Å²) in [4.78, 5) is 40.3. The van der Waals surface area contributed by atoms with Crippen molar-refractivity contribution in [3.8, 4) is 5.75 Å². The van der Waals surface area contributed by atoms with Gasteiger partial charge >= 0.3 is 12.0 Å². The number of anilines is 1. The van der Waals surface area contributed by atoms with E-state index in [0.29, 0.717) is 21.3 Å². The maximum absolute atomic E-state index is 12.7. The number of benzene rings is 2. The predicted octanol–water partition coefficient (Wildman–Crippen LogP) is 4.31. The third-order valence-corrected chi connectivity index (χ3v) is 5.71. The lowest BCUT2D eigenvalue weighted by Crippen LogP contribution is -2.35. The van der Waals surface area contributed by atoms with E-state index < -0.39 is 12.0 Å². The van der Waals surface area contributed by atoms with Gasteiger partial charge < -0.3 is 14.7 Å². The van der Waals surface area contributed by atoms with Crippen molar-refractivity contribution in [2.24, 2.45) is 0 Å². The monoisotopic (exact) mass is 470 g/mol. The lowest BCUT2D eigenvalue weighted by atomic mass is 10.1. The molecule has 0 atom stereocenters. The van der Waals surface area contributed by atoms with Crippen molar-refractivity contribution >= 4 is 45.6 Å². The molecule has 2 aromatic carbocycles. The lowest BCUT2D eigenvalue weighted by molar-refractivity contribution is -0.114. The first-order chi connectivity index (χ1) is 14.4. The van der Waals surface area contributed by atoms with Gasteiger partial charge in [0.2, 0.25) is 0 Å². The first kappa shape index (κ1) is 20.2.